The molecule has 0 aromatic carbocycles. The number of pyridine rings is 1. The number of carboxylic acids is 1. The van der Waals surface area contributed by atoms with E-state index in [0.29, 0.717) is 41.0 Å². The van der Waals surface area contributed by atoms with E-state index in [1.165, 1.54) is 4.90 Å². The predicted molar refractivity (Wildman–Crippen MR) is 103 cm³/mol. The van der Waals surface area contributed by atoms with Gasteiger partial charge in [-0.15, -0.1) is 11.3 Å². The molecule has 0 saturated carbocycles. The topological polar surface area (TPSA) is 88.3 Å². The molecule has 0 spiro atoms. The molecule has 0 bridgehead atoms. The van der Waals surface area contributed by atoms with Crippen molar-refractivity contribution in [3.05, 3.63) is 34.8 Å². The van der Waals surface area contributed by atoms with Crippen molar-refractivity contribution in [2.45, 2.75) is 32.2 Å². The number of amides is 1. The molecule has 1 aliphatic heterocycles. The van der Waals surface area contributed by atoms with Crippen molar-refractivity contribution in [3.8, 4) is 10.6 Å². The van der Waals surface area contributed by atoms with E-state index < -0.39 is 12.0 Å². The zero-order valence-electron chi connectivity index (χ0n) is 15.2. The SMILES string of the molecule is Cc1nn(C)c2nc(-c3cccs3)cc(C(=O)N3CCCCC3C(=O)O)c12. The van der Waals surface area contributed by atoms with E-state index in [-0.39, 0.29) is 5.91 Å². The fourth-order valence-corrected chi connectivity index (χ4v) is 4.44. The van der Waals surface area contributed by atoms with Crippen molar-refractivity contribution in [1.29, 1.82) is 0 Å². The Morgan fingerprint density at radius 1 is 1.33 bits per heavy atom. The van der Waals surface area contributed by atoms with Crippen molar-refractivity contribution in [1.82, 2.24) is 19.7 Å². The molecule has 1 atom stereocenters. The lowest BCUT2D eigenvalue weighted by Crippen LogP contribution is -2.48. The number of aromatic nitrogens is 3. The number of rotatable bonds is 3. The van der Waals surface area contributed by atoms with Gasteiger partial charge in [0.25, 0.3) is 5.91 Å². The summed E-state index contributed by atoms with van der Waals surface area (Å²) in [6.07, 6.45) is 2.12. The van der Waals surface area contributed by atoms with E-state index in [1.54, 1.807) is 29.1 Å². The molecule has 1 aliphatic rings. The van der Waals surface area contributed by atoms with Crippen molar-refractivity contribution in [2.24, 2.45) is 7.05 Å². The molecule has 1 unspecified atom stereocenters. The minimum atomic E-state index is -0.949. The first-order valence-electron chi connectivity index (χ1n) is 8.89. The van der Waals surface area contributed by atoms with Crippen LogP contribution in [0.5, 0.6) is 0 Å². The Morgan fingerprint density at radius 3 is 2.85 bits per heavy atom. The van der Waals surface area contributed by atoms with Crippen LogP contribution in [0.3, 0.4) is 0 Å². The van der Waals surface area contributed by atoms with Crippen LogP contribution in [0, 0.1) is 6.92 Å². The van der Waals surface area contributed by atoms with Crippen LogP contribution >= 0.6 is 11.3 Å². The van der Waals surface area contributed by atoms with Crippen LogP contribution in [0.4, 0.5) is 0 Å². The van der Waals surface area contributed by atoms with Crippen LogP contribution in [0.2, 0.25) is 0 Å². The molecule has 8 heteroatoms. The fraction of sp³-hybridized carbons (Fsp3) is 0.368. The Hall–Kier alpha value is -2.74. The van der Waals surface area contributed by atoms with Crippen LogP contribution in [0.25, 0.3) is 21.6 Å². The van der Waals surface area contributed by atoms with E-state index >= 15 is 0 Å². The smallest absolute Gasteiger partial charge is 0.326 e. The lowest BCUT2D eigenvalue weighted by atomic mass is 9.99. The van der Waals surface area contributed by atoms with Gasteiger partial charge in [0.15, 0.2) is 5.65 Å². The second kappa shape index (κ2) is 6.77. The first-order valence-corrected chi connectivity index (χ1v) is 9.77. The number of piperidine rings is 1. The highest BCUT2D eigenvalue weighted by Gasteiger charge is 2.34. The van der Waals surface area contributed by atoms with Gasteiger partial charge in [-0.05, 0) is 43.7 Å². The maximum absolute atomic E-state index is 13.4. The van der Waals surface area contributed by atoms with Crippen LogP contribution in [-0.2, 0) is 11.8 Å². The van der Waals surface area contributed by atoms with Gasteiger partial charge in [0.05, 0.1) is 27.2 Å². The molecular formula is C19H20N4O3S. The predicted octanol–water partition coefficient (Wildman–Crippen LogP) is 3.08. The average molecular weight is 384 g/mol. The fourth-order valence-electron chi connectivity index (χ4n) is 3.75. The maximum Gasteiger partial charge on any atom is 0.326 e. The molecule has 4 heterocycles. The summed E-state index contributed by atoms with van der Waals surface area (Å²) in [6.45, 7) is 2.30. The van der Waals surface area contributed by atoms with Crippen molar-refractivity contribution < 1.29 is 14.7 Å². The standard InChI is InChI=1S/C19H20N4O3S/c1-11-16-12(18(24)23-8-4-3-6-14(23)19(25)26)10-13(15-7-5-9-27-15)20-17(16)22(2)21-11/h5,7,9-10,14H,3-4,6,8H2,1-2H3,(H,25,26). The molecular weight excluding hydrogens is 364 g/mol. The third kappa shape index (κ3) is 2.99. The van der Waals surface area contributed by atoms with Crippen molar-refractivity contribution in [3.63, 3.8) is 0 Å². The molecule has 7 nitrogen and oxygen atoms in total. The van der Waals surface area contributed by atoms with E-state index in [4.69, 9.17) is 4.98 Å². The molecule has 27 heavy (non-hydrogen) atoms. The number of nitrogens with zero attached hydrogens (tertiary/aromatic N) is 4. The minimum Gasteiger partial charge on any atom is -0.480 e. The molecule has 3 aromatic rings. The number of fused-ring (bicyclic) bond motifs is 1. The number of likely N-dealkylation sites (tertiary alicyclic amines) is 1. The van der Waals surface area contributed by atoms with Gasteiger partial charge in [-0.25, -0.2) is 9.78 Å². The molecule has 0 aliphatic carbocycles. The number of carbonyl (C=O) groups is 2. The lowest BCUT2D eigenvalue weighted by molar-refractivity contribution is -0.143. The summed E-state index contributed by atoms with van der Waals surface area (Å²) in [4.78, 5) is 32.2. The molecule has 1 amide bonds. The summed E-state index contributed by atoms with van der Waals surface area (Å²) in [6, 6.07) is 4.89. The van der Waals surface area contributed by atoms with Crippen molar-refractivity contribution in [2.75, 3.05) is 6.54 Å². The number of carbonyl (C=O) groups excluding carboxylic acids is 1. The zero-order chi connectivity index (χ0) is 19.1. The molecule has 4 rings (SSSR count). The van der Waals surface area contributed by atoms with E-state index in [2.05, 4.69) is 5.10 Å². The van der Waals surface area contributed by atoms with Crippen LogP contribution in [-0.4, -0.2) is 49.2 Å². The zero-order valence-corrected chi connectivity index (χ0v) is 16.0. The largest absolute Gasteiger partial charge is 0.480 e. The first kappa shape index (κ1) is 17.7. The van der Waals surface area contributed by atoms with Gasteiger partial charge < -0.3 is 10.0 Å². The third-order valence-corrected chi connectivity index (χ3v) is 5.91. The van der Waals surface area contributed by atoms with Gasteiger partial charge in [0.1, 0.15) is 6.04 Å². The van der Waals surface area contributed by atoms with Gasteiger partial charge in [0, 0.05) is 13.6 Å². The van der Waals surface area contributed by atoms with Gasteiger partial charge >= 0.3 is 5.97 Å². The number of hydrogen-bond donors (Lipinski definition) is 1. The van der Waals surface area contributed by atoms with E-state index in [9.17, 15) is 14.7 Å². The van der Waals surface area contributed by atoms with Crippen LogP contribution < -0.4 is 0 Å². The normalized spacial score (nSPS) is 17.4. The highest BCUT2D eigenvalue weighted by Crippen LogP contribution is 2.31. The minimum absolute atomic E-state index is 0.261. The van der Waals surface area contributed by atoms with Gasteiger partial charge in [-0.3, -0.25) is 9.48 Å². The summed E-state index contributed by atoms with van der Waals surface area (Å²) >= 11 is 1.55. The Bertz CT molecular complexity index is 1030. The lowest BCUT2D eigenvalue weighted by Gasteiger charge is -2.33. The Morgan fingerprint density at radius 2 is 2.15 bits per heavy atom. The first-order chi connectivity index (χ1) is 13.0. The van der Waals surface area contributed by atoms with Gasteiger partial charge in [0.2, 0.25) is 0 Å². The quantitative estimate of drug-likeness (QED) is 0.750. The Labute approximate surface area is 160 Å². The number of carboxylic acid groups (broad SMARTS) is 1. The number of aliphatic carboxylic acids is 1. The van der Waals surface area contributed by atoms with E-state index in [0.717, 1.165) is 17.7 Å². The summed E-state index contributed by atoms with van der Waals surface area (Å²) in [5.74, 6) is -1.21. The molecule has 1 N–H and O–H groups in total. The number of aryl methyl sites for hydroxylation is 2. The molecule has 1 saturated heterocycles. The van der Waals surface area contributed by atoms with E-state index in [1.807, 2.05) is 24.4 Å². The Balaban J connectivity index is 1.89. The summed E-state index contributed by atoms with van der Waals surface area (Å²) in [7, 11) is 1.80. The third-order valence-electron chi connectivity index (χ3n) is 5.02. The Kier molecular flexibility index (Phi) is 4.43. The van der Waals surface area contributed by atoms with Crippen LogP contribution in [0.1, 0.15) is 35.3 Å². The molecule has 140 valence electrons. The number of hydrogen-bond acceptors (Lipinski definition) is 5. The average Bonchev–Trinajstić information content (AvgIpc) is 3.29. The highest BCUT2D eigenvalue weighted by atomic mass is 32.1. The monoisotopic (exact) mass is 384 g/mol. The molecule has 0 radical (unpaired) electrons. The summed E-state index contributed by atoms with van der Waals surface area (Å²) in [5.41, 5.74) is 2.52. The summed E-state index contributed by atoms with van der Waals surface area (Å²) in [5, 5.41) is 16.6. The molecule has 1 fully saturated rings. The van der Waals surface area contributed by atoms with Gasteiger partial charge in [-0.2, -0.15) is 5.10 Å². The highest BCUT2D eigenvalue weighted by molar-refractivity contribution is 7.13. The van der Waals surface area contributed by atoms with Crippen molar-refractivity contribution >= 4 is 34.2 Å². The van der Waals surface area contributed by atoms with Crippen LogP contribution in [0.15, 0.2) is 23.6 Å². The summed E-state index contributed by atoms with van der Waals surface area (Å²) < 4.78 is 1.67. The van der Waals surface area contributed by atoms with Gasteiger partial charge in [-0.1, -0.05) is 6.07 Å². The maximum atomic E-state index is 13.4. The molecule has 3 aromatic heterocycles. The second-order valence-electron chi connectivity index (χ2n) is 6.79. The second-order valence-corrected chi connectivity index (χ2v) is 7.74. The number of thiophene rings is 1.